The molecule has 0 fully saturated rings. The van der Waals surface area contributed by atoms with Crippen LogP contribution in [0.2, 0.25) is 0 Å². The fourth-order valence-electron chi connectivity index (χ4n) is 2.66. The number of aryl methyl sites for hydroxylation is 1. The Bertz CT molecular complexity index is 1320. The maximum absolute atomic E-state index is 12.6. The lowest BCUT2D eigenvalue weighted by Gasteiger charge is -2.08. The number of para-hydroxylation sites is 1. The molecule has 0 radical (unpaired) electrons. The molecule has 0 aliphatic rings. The normalized spacial score (nSPS) is 11.0. The molecular weight excluding hydrogens is 448 g/mol. The molecule has 0 saturated carbocycles. The molecule has 0 aliphatic heterocycles. The van der Waals surface area contributed by atoms with E-state index in [9.17, 15) is 13.2 Å². The minimum Gasteiger partial charge on any atom is -0.457 e. The molecule has 0 aliphatic carbocycles. The Morgan fingerprint density at radius 1 is 0.875 bits per heavy atom. The van der Waals surface area contributed by atoms with Crippen molar-refractivity contribution in [1.82, 2.24) is 10.2 Å². The largest absolute Gasteiger partial charge is 0.457 e. The summed E-state index contributed by atoms with van der Waals surface area (Å²) < 4.78 is 33.1. The van der Waals surface area contributed by atoms with Gasteiger partial charge in [-0.15, -0.1) is 10.2 Å². The molecule has 4 aromatic rings. The molecule has 0 spiro atoms. The molecule has 162 valence electrons. The van der Waals surface area contributed by atoms with Crippen LogP contribution in [-0.2, 0) is 10.0 Å². The minimum absolute atomic E-state index is 0.0857. The number of aromatic nitrogens is 2. The number of hydrogen-bond acceptors (Lipinski definition) is 7. The average molecular weight is 467 g/mol. The van der Waals surface area contributed by atoms with E-state index in [1.165, 1.54) is 0 Å². The van der Waals surface area contributed by atoms with Gasteiger partial charge in [-0.2, -0.15) is 8.42 Å². The number of carbonyl (C=O) groups excluding carboxylic acids is 1. The highest BCUT2D eigenvalue weighted by molar-refractivity contribution is 7.94. The van der Waals surface area contributed by atoms with E-state index in [0.717, 1.165) is 16.9 Å². The summed E-state index contributed by atoms with van der Waals surface area (Å²) in [6.45, 7) is 1.92. The zero-order valence-corrected chi connectivity index (χ0v) is 18.5. The number of benzene rings is 3. The Balaban J connectivity index is 1.41. The molecule has 0 atom stereocenters. The van der Waals surface area contributed by atoms with Crippen LogP contribution >= 0.6 is 11.3 Å². The molecule has 10 heteroatoms. The van der Waals surface area contributed by atoms with Crippen LogP contribution in [0.5, 0.6) is 11.5 Å². The molecular formula is C22H18N4O4S2. The van der Waals surface area contributed by atoms with Crippen LogP contribution in [0.25, 0.3) is 0 Å². The van der Waals surface area contributed by atoms with Crippen molar-refractivity contribution in [2.45, 2.75) is 11.3 Å². The molecule has 1 heterocycles. The van der Waals surface area contributed by atoms with Gasteiger partial charge in [0, 0.05) is 11.3 Å². The second-order valence-corrected chi connectivity index (χ2v) is 9.57. The van der Waals surface area contributed by atoms with Gasteiger partial charge < -0.3 is 4.74 Å². The highest BCUT2D eigenvalue weighted by Gasteiger charge is 2.21. The Morgan fingerprint density at radius 2 is 1.53 bits per heavy atom. The maximum atomic E-state index is 12.6. The summed E-state index contributed by atoms with van der Waals surface area (Å²) >= 11 is 0.761. The van der Waals surface area contributed by atoms with Crippen molar-refractivity contribution >= 4 is 38.1 Å². The van der Waals surface area contributed by atoms with E-state index in [2.05, 4.69) is 20.2 Å². The van der Waals surface area contributed by atoms with E-state index in [4.69, 9.17) is 4.74 Å². The number of nitrogens with zero attached hydrogens (tertiary/aromatic N) is 2. The SMILES string of the molecule is Cc1ccc(C(=O)Nc2nnc(S(=O)(=O)Nc3ccc(Oc4ccccc4)cc3)s2)cc1. The number of rotatable bonds is 7. The molecule has 32 heavy (non-hydrogen) atoms. The van der Waals surface area contributed by atoms with Gasteiger partial charge in [0.25, 0.3) is 20.3 Å². The van der Waals surface area contributed by atoms with E-state index in [0.29, 0.717) is 22.7 Å². The smallest absolute Gasteiger partial charge is 0.291 e. The van der Waals surface area contributed by atoms with Crippen LogP contribution in [0.4, 0.5) is 10.8 Å². The number of ether oxygens (including phenoxy) is 1. The van der Waals surface area contributed by atoms with Crippen molar-refractivity contribution in [3.05, 3.63) is 90.0 Å². The predicted octanol–water partition coefficient (Wildman–Crippen LogP) is 4.69. The first-order chi connectivity index (χ1) is 15.4. The Morgan fingerprint density at radius 3 is 2.22 bits per heavy atom. The summed E-state index contributed by atoms with van der Waals surface area (Å²) in [6, 6.07) is 22.7. The van der Waals surface area contributed by atoms with Crippen molar-refractivity contribution < 1.29 is 17.9 Å². The zero-order chi connectivity index (χ0) is 22.6. The summed E-state index contributed by atoms with van der Waals surface area (Å²) in [5.41, 5.74) is 1.80. The third-order valence-electron chi connectivity index (χ3n) is 4.26. The van der Waals surface area contributed by atoms with Gasteiger partial charge in [-0.05, 0) is 55.5 Å². The van der Waals surface area contributed by atoms with Gasteiger partial charge >= 0.3 is 0 Å². The third-order valence-corrected chi connectivity index (χ3v) is 6.84. The summed E-state index contributed by atoms with van der Waals surface area (Å²) in [4.78, 5) is 12.3. The maximum Gasteiger partial charge on any atom is 0.291 e. The number of sulfonamides is 1. The molecule has 4 rings (SSSR count). The third kappa shape index (κ3) is 5.29. The summed E-state index contributed by atoms with van der Waals surface area (Å²) in [6.07, 6.45) is 0. The molecule has 1 aromatic heterocycles. The molecule has 0 bridgehead atoms. The van der Waals surface area contributed by atoms with Crippen molar-refractivity contribution in [1.29, 1.82) is 0 Å². The topological polar surface area (TPSA) is 110 Å². The number of amides is 1. The first kappa shape index (κ1) is 21.5. The van der Waals surface area contributed by atoms with E-state index in [1.54, 1.807) is 36.4 Å². The summed E-state index contributed by atoms with van der Waals surface area (Å²) in [5, 5.41) is 10.1. The van der Waals surface area contributed by atoms with Gasteiger partial charge in [0.05, 0.1) is 0 Å². The van der Waals surface area contributed by atoms with Gasteiger partial charge in [0.1, 0.15) is 11.5 Å². The van der Waals surface area contributed by atoms with E-state index < -0.39 is 15.9 Å². The first-order valence-electron chi connectivity index (χ1n) is 9.46. The lowest BCUT2D eigenvalue weighted by atomic mass is 10.1. The minimum atomic E-state index is -3.97. The monoisotopic (exact) mass is 466 g/mol. The van der Waals surface area contributed by atoms with Gasteiger partial charge in [0.2, 0.25) is 5.13 Å². The molecule has 1 amide bonds. The quantitative estimate of drug-likeness (QED) is 0.382. The number of nitrogens with one attached hydrogen (secondary N) is 2. The van der Waals surface area contributed by atoms with Crippen LogP contribution in [0.15, 0.2) is 83.2 Å². The van der Waals surface area contributed by atoms with E-state index in [-0.39, 0.29) is 9.47 Å². The Hall–Kier alpha value is -3.76. The summed E-state index contributed by atoms with van der Waals surface area (Å²) in [5.74, 6) is 0.845. The van der Waals surface area contributed by atoms with Crippen LogP contribution in [0.1, 0.15) is 15.9 Å². The number of anilines is 2. The van der Waals surface area contributed by atoms with Crippen LogP contribution in [0.3, 0.4) is 0 Å². The highest BCUT2D eigenvalue weighted by Crippen LogP contribution is 2.26. The van der Waals surface area contributed by atoms with Crippen molar-refractivity contribution in [2.75, 3.05) is 10.0 Å². The predicted molar refractivity (Wildman–Crippen MR) is 123 cm³/mol. The Kier molecular flexibility index (Phi) is 6.15. The molecule has 0 saturated heterocycles. The van der Waals surface area contributed by atoms with Crippen LogP contribution in [-0.4, -0.2) is 24.5 Å². The fourth-order valence-corrected chi connectivity index (χ4v) is 4.61. The standard InChI is InChI=1S/C22H18N4O4S2/c1-15-7-9-16(10-8-15)20(27)23-21-24-25-22(31-21)32(28,29)26-17-11-13-19(14-12-17)30-18-5-3-2-4-6-18/h2-14,26H,1H3,(H,23,24,27). The fraction of sp³-hybridized carbons (Fsp3) is 0.0455. The lowest BCUT2D eigenvalue weighted by Crippen LogP contribution is -2.12. The van der Waals surface area contributed by atoms with Crippen molar-refractivity contribution in [2.24, 2.45) is 0 Å². The van der Waals surface area contributed by atoms with Gasteiger partial charge in [-0.3, -0.25) is 14.8 Å². The van der Waals surface area contributed by atoms with E-state index >= 15 is 0 Å². The average Bonchev–Trinajstić information content (AvgIpc) is 3.26. The molecule has 8 nitrogen and oxygen atoms in total. The van der Waals surface area contributed by atoms with Gasteiger partial charge in [-0.25, -0.2) is 0 Å². The van der Waals surface area contributed by atoms with Gasteiger partial charge in [0.15, 0.2) is 0 Å². The van der Waals surface area contributed by atoms with Crippen molar-refractivity contribution in [3.8, 4) is 11.5 Å². The zero-order valence-electron chi connectivity index (χ0n) is 16.8. The van der Waals surface area contributed by atoms with Gasteiger partial charge in [-0.1, -0.05) is 47.2 Å². The first-order valence-corrected chi connectivity index (χ1v) is 11.8. The lowest BCUT2D eigenvalue weighted by molar-refractivity contribution is 0.102. The second-order valence-electron chi connectivity index (χ2n) is 6.74. The second kappa shape index (κ2) is 9.16. The molecule has 3 aromatic carbocycles. The van der Waals surface area contributed by atoms with Crippen molar-refractivity contribution in [3.63, 3.8) is 0 Å². The van der Waals surface area contributed by atoms with E-state index in [1.807, 2.05) is 49.4 Å². The summed E-state index contributed by atoms with van der Waals surface area (Å²) in [7, 11) is -3.97. The number of hydrogen-bond donors (Lipinski definition) is 2. The Labute approximate surface area is 189 Å². The number of carbonyl (C=O) groups is 1. The van der Waals surface area contributed by atoms with Crippen LogP contribution < -0.4 is 14.8 Å². The molecule has 0 unspecified atom stereocenters. The van der Waals surface area contributed by atoms with Crippen LogP contribution in [0, 0.1) is 6.92 Å². The highest BCUT2D eigenvalue weighted by atomic mass is 32.2. The molecule has 2 N–H and O–H groups in total.